The summed E-state index contributed by atoms with van der Waals surface area (Å²) in [4.78, 5) is 14.2. The Hall–Kier alpha value is -1.49. The highest BCUT2D eigenvalue weighted by Gasteiger charge is 2.13. The summed E-state index contributed by atoms with van der Waals surface area (Å²) in [6.07, 6.45) is 1.77. The molecule has 2 rings (SSSR count). The van der Waals surface area contributed by atoms with Crippen LogP contribution in [0.5, 0.6) is 0 Å². The number of hydrogen-bond donors (Lipinski definition) is 1. The zero-order chi connectivity index (χ0) is 12.4. The number of hydrogen-bond acceptors (Lipinski definition) is 5. The van der Waals surface area contributed by atoms with Crippen molar-refractivity contribution < 1.29 is 0 Å². The third-order valence-corrected chi connectivity index (χ3v) is 3.73. The summed E-state index contributed by atoms with van der Waals surface area (Å²) in [6, 6.07) is 2.07. The van der Waals surface area contributed by atoms with E-state index in [9.17, 15) is 0 Å². The van der Waals surface area contributed by atoms with Crippen molar-refractivity contribution in [1.82, 2.24) is 15.0 Å². The van der Waals surface area contributed by atoms with Gasteiger partial charge in [0.25, 0.3) is 0 Å². The summed E-state index contributed by atoms with van der Waals surface area (Å²) in [5, 5.41) is 4.40. The molecule has 2 aromatic heterocycles. The minimum absolute atomic E-state index is 0.183. The van der Waals surface area contributed by atoms with E-state index in [-0.39, 0.29) is 6.04 Å². The maximum atomic E-state index is 4.43. The molecule has 0 spiro atoms. The van der Waals surface area contributed by atoms with E-state index in [0.29, 0.717) is 5.95 Å². The molecule has 2 aromatic rings. The van der Waals surface area contributed by atoms with E-state index >= 15 is 0 Å². The molecule has 1 atom stereocenters. The topological polar surface area (TPSA) is 50.7 Å². The smallest absolute Gasteiger partial charge is 0.223 e. The van der Waals surface area contributed by atoms with Crippen molar-refractivity contribution in [1.29, 1.82) is 0 Å². The molecule has 90 valence electrons. The van der Waals surface area contributed by atoms with Crippen LogP contribution in [0.1, 0.15) is 34.2 Å². The normalized spacial score (nSPS) is 12.5. The molecule has 0 fully saturated rings. The number of thiazole rings is 1. The third kappa shape index (κ3) is 2.79. The summed E-state index contributed by atoms with van der Waals surface area (Å²) < 4.78 is 0. The van der Waals surface area contributed by atoms with Gasteiger partial charge in [-0.25, -0.2) is 15.0 Å². The highest BCUT2D eigenvalue weighted by Crippen LogP contribution is 2.26. The van der Waals surface area contributed by atoms with Gasteiger partial charge in [-0.15, -0.1) is 11.3 Å². The zero-order valence-electron chi connectivity index (χ0n) is 10.5. The fraction of sp³-hybridized carbons (Fsp3) is 0.417. The second-order valence-electron chi connectivity index (χ2n) is 4.07. The molecule has 0 bridgehead atoms. The molecule has 4 nitrogen and oxygen atoms in total. The highest BCUT2D eigenvalue weighted by atomic mass is 32.1. The minimum atomic E-state index is 0.183. The molecule has 0 aromatic carbocycles. The highest BCUT2D eigenvalue weighted by molar-refractivity contribution is 7.11. The summed E-state index contributed by atoms with van der Waals surface area (Å²) in [5.41, 5.74) is 2.05. The number of nitrogens with zero attached hydrogens (tertiary/aromatic N) is 3. The van der Waals surface area contributed by atoms with Crippen molar-refractivity contribution in [2.75, 3.05) is 5.32 Å². The van der Waals surface area contributed by atoms with Crippen LogP contribution < -0.4 is 5.32 Å². The molecule has 0 aliphatic heterocycles. The molecule has 5 heteroatoms. The second kappa shape index (κ2) is 4.79. The van der Waals surface area contributed by atoms with Crippen molar-refractivity contribution in [3.63, 3.8) is 0 Å². The van der Waals surface area contributed by atoms with Crippen molar-refractivity contribution in [3.8, 4) is 0 Å². The van der Waals surface area contributed by atoms with Crippen molar-refractivity contribution in [2.45, 2.75) is 33.7 Å². The first kappa shape index (κ1) is 12.0. The molecule has 0 amide bonds. The van der Waals surface area contributed by atoms with Gasteiger partial charge in [-0.3, -0.25) is 0 Å². The monoisotopic (exact) mass is 248 g/mol. The molecule has 0 saturated heterocycles. The van der Waals surface area contributed by atoms with Gasteiger partial charge in [0.2, 0.25) is 5.95 Å². The molecule has 0 aliphatic rings. The van der Waals surface area contributed by atoms with E-state index in [1.807, 2.05) is 26.8 Å². The first-order chi connectivity index (χ1) is 8.06. The standard InChI is InChI=1S/C12H16N4S/c1-7-5-6-13-12(14-7)16-9(3)11-8(2)15-10(4)17-11/h5-6,9H,1-4H3,(H,13,14,16). The molecule has 17 heavy (non-hydrogen) atoms. The lowest BCUT2D eigenvalue weighted by molar-refractivity contribution is 0.862. The molecule has 0 saturated carbocycles. The Labute approximate surface area is 105 Å². The number of anilines is 1. The van der Waals surface area contributed by atoms with Crippen LogP contribution in [0.25, 0.3) is 0 Å². The minimum Gasteiger partial charge on any atom is -0.347 e. The molecular weight excluding hydrogens is 232 g/mol. The molecule has 1 unspecified atom stereocenters. The number of aromatic nitrogens is 3. The average Bonchev–Trinajstić information content (AvgIpc) is 2.58. The lowest BCUT2D eigenvalue weighted by Crippen LogP contribution is -2.09. The molecule has 0 radical (unpaired) electrons. The predicted octanol–water partition coefficient (Wildman–Crippen LogP) is 3.03. The zero-order valence-corrected chi connectivity index (χ0v) is 11.3. The predicted molar refractivity (Wildman–Crippen MR) is 70.4 cm³/mol. The van der Waals surface area contributed by atoms with Crippen LogP contribution in [0.15, 0.2) is 12.3 Å². The van der Waals surface area contributed by atoms with Gasteiger partial charge in [-0.2, -0.15) is 0 Å². The quantitative estimate of drug-likeness (QED) is 0.907. The lowest BCUT2D eigenvalue weighted by Gasteiger charge is -2.12. The Morgan fingerprint density at radius 3 is 2.59 bits per heavy atom. The van der Waals surface area contributed by atoms with Gasteiger partial charge in [0.15, 0.2) is 0 Å². The first-order valence-electron chi connectivity index (χ1n) is 5.56. The molecule has 0 aliphatic carbocycles. The van der Waals surface area contributed by atoms with E-state index in [0.717, 1.165) is 16.4 Å². The van der Waals surface area contributed by atoms with Gasteiger partial charge in [-0.05, 0) is 33.8 Å². The van der Waals surface area contributed by atoms with Crippen LogP contribution >= 0.6 is 11.3 Å². The first-order valence-corrected chi connectivity index (χ1v) is 6.38. The van der Waals surface area contributed by atoms with E-state index < -0.39 is 0 Å². The SMILES string of the molecule is Cc1ccnc(NC(C)c2sc(C)nc2C)n1. The van der Waals surface area contributed by atoms with Gasteiger partial charge in [0.05, 0.1) is 16.7 Å². The van der Waals surface area contributed by atoms with Crippen LogP contribution in [-0.4, -0.2) is 15.0 Å². The molecule has 1 N–H and O–H groups in total. The Balaban J connectivity index is 2.16. The summed E-state index contributed by atoms with van der Waals surface area (Å²) in [5.74, 6) is 0.669. The van der Waals surface area contributed by atoms with Crippen LogP contribution in [-0.2, 0) is 0 Å². The van der Waals surface area contributed by atoms with E-state index in [1.54, 1.807) is 17.5 Å². The average molecular weight is 248 g/mol. The van der Waals surface area contributed by atoms with Crippen LogP contribution in [0.2, 0.25) is 0 Å². The van der Waals surface area contributed by atoms with E-state index in [1.165, 1.54) is 4.88 Å². The van der Waals surface area contributed by atoms with Gasteiger partial charge in [0, 0.05) is 16.8 Å². The number of rotatable bonds is 3. The Morgan fingerprint density at radius 1 is 1.24 bits per heavy atom. The number of aryl methyl sites for hydroxylation is 3. The van der Waals surface area contributed by atoms with Crippen LogP contribution in [0, 0.1) is 20.8 Å². The Morgan fingerprint density at radius 2 is 2.00 bits per heavy atom. The van der Waals surface area contributed by atoms with Gasteiger partial charge >= 0.3 is 0 Å². The maximum Gasteiger partial charge on any atom is 0.223 e. The van der Waals surface area contributed by atoms with Crippen molar-refractivity contribution in [2.24, 2.45) is 0 Å². The molecule has 2 heterocycles. The lowest BCUT2D eigenvalue weighted by atomic mass is 10.2. The van der Waals surface area contributed by atoms with Gasteiger partial charge in [0.1, 0.15) is 0 Å². The van der Waals surface area contributed by atoms with Gasteiger partial charge in [-0.1, -0.05) is 0 Å². The Kier molecular flexibility index (Phi) is 3.38. The summed E-state index contributed by atoms with van der Waals surface area (Å²) in [6.45, 7) is 8.12. The fourth-order valence-electron chi connectivity index (χ4n) is 1.73. The van der Waals surface area contributed by atoms with Crippen molar-refractivity contribution >= 4 is 17.3 Å². The van der Waals surface area contributed by atoms with E-state index in [4.69, 9.17) is 0 Å². The third-order valence-electron chi connectivity index (χ3n) is 2.47. The van der Waals surface area contributed by atoms with Crippen LogP contribution in [0.3, 0.4) is 0 Å². The fourth-order valence-corrected chi connectivity index (χ4v) is 2.66. The largest absolute Gasteiger partial charge is 0.347 e. The number of nitrogens with one attached hydrogen (secondary N) is 1. The van der Waals surface area contributed by atoms with Crippen LogP contribution in [0.4, 0.5) is 5.95 Å². The van der Waals surface area contributed by atoms with Crippen molar-refractivity contribution in [3.05, 3.63) is 33.5 Å². The second-order valence-corrected chi connectivity index (χ2v) is 5.30. The summed E-state index contributed by atoms with van der Waals surface area (Å²) in [7, 11) is 0. The maximum absolute atomic E-state index is 4.43. The van der Waals surface area contributed by atoms with Gasteiger partial charge < -0.3 is 5.32 Å². The van der Waals surface area contributed by atoms with E-state index in [2.05, 4.69) is 27.2 Å². The Bertz CT molecular complexity index is 521. The summed E-state index contributed by atoms with van der Waals surface area (Å²) >= 11 is 1.72. The molecular formula is C12H16N4S.